The van der Waals surface area contributed by atoms with E-state index in [1.807, 2.05) is 39.0 Å². The number of aryl methyl sites for hydroxylation is 1. The molecule has 0 spiro atoms. The zero-order valence-electron chi connectivity index (χ0n) is 16.9. The molecule has 150 valence electrons. The smallest absolute Gasteiger partial charge is 0.347 e. The van der Waals surface area contributed by atoms with Crippen molar-refractivity contribution >= 4 is 17.6 Å². The lowest BCUT2D eigenvalue weighted by Gasteiger charge is -2.15. The second kappa shape index (κ2) is 9.78. The molecule has 1 atom stereocenters. The third-order valence-electron chi connectivity index (χ3n) is 3.92. The monoisotopic (exact) mass is 385 g/mol. The van der Waals surface area contributed by atoms with E-state index in [4.69, 9.17) is 14.2 Å². The fraction of sp³-hybridized carbons (Fsp3) is 0.364. The quantitative estimate of drug-likeness (QED) is 0.689. The SMILES string of the molecule is COc1ccc(C)cc1NC(=O)c1ccc(O[C@@H](C)C(=O)OCC(C)C)cc1. The van der Waals surface area contributed by atoms with Crippen molar-refractivity contribution in [3.05, 3.63) is 53.6 Å². The minimum Gasteiger partial charge on any atom is -0.495 e. The number of anilines is 1. The molecular formula is C22H27NO5. The van der Waals surface area contributed by atoms with Crippen LogP contribution in [-0.4, -0.2) is 31.7 Å². The van der Waals surface area contributed by atoms with E-state index in [1.54, 1.807) is 38.3 Å². The van der Waals surface area contributed by atoms with Crippen molar-refractivity contribution in [1.29, 1.82) is 0 Å². The molecule has 6 heteroatoms. The number of amides is 1. The van der Waals surface area contributed by atoms with Crippen LogP contribution >= 0.6 is 0 Å². The van der Waals surface area contributed by atoms with Crippen molar-refractivity contribution in [1.82, 2.24) is 0 Å². The highest BCUT2D eigenvalue weighted by molar-refractivity contribution is 6.05. The number of carbonyl (C=O) groups is 2. The fourth-order valence-corrected chi connectivity index (χ4v) is 2.42. The molecule has 2 aromatic rings. The Balaban J connectivity index is 1.99. The normalized spacial score (nSPS) is 11.6. The zero-order valence-corrected chi connectivity index (χ0v) is 16.9. The van der Waals surface area contributed by atoms with Gasteiger partial charge in [0.1, 0.15) is 11.5 Å². The van der Waals surface area contributed by atoms with Gasteiger partial charge in [0.05, 0.1) is 19.4 Å². The van der Waals surface area contributed by atoms with Crippen LogP contribution in [0.4, 0.5) is 5.69 Å². The van der Waals surface area contributed by atoms with Crippen molar-refractivity contribution in [3.63, 3.8) is 0 Å². The molecule has 0 unspecified atom stereocenters. The van der Waals surface area contributed by atoms with Gasteiger partial charge in [-0.3, -0.25) is 4.79 Å². The van der Waals surface area contributed by atoms with Crippen molar-refractivity contribution in [2.45, 2.75) is 33.8 Å². The molecule has 0 heterocycles. The summed E-state index contributed by atoms with van der Waals surface area (Å²) in [5, 5.41) is 2.85. The van der Waals surface area contributed by atoms with Crippen LogP contribution in [0.2, 0.25) is 0 Å². The van der Waals surface area contributed by atoms with Gasteiger partial charge in [0.15, 0.2) is 6.10 Å². The number of carbonyl (C=O) groups excluding carboxylic acids is 2. The average Bonchev–Trinajstić information content (AvgIpc) is 2.66. The van der Waals surface area contributed by atoms with Crippen LogP contribution in [0.5, 0.6) is 11.5 Å². The Morgan fingerprint density at radius 1 is 1.04 bits per heavy atom. The van der Waals surface area contributed by atoms with Gasteiger partial charge in [-0.15, -0.1) is 0 Å². The summed E-state index contributed by atoms with van der Waals surface area (Å²) in [4.78, 5) is 24.4. The van der Waals surface area contributed by atoms with E-state index in [0.29, 0.717) is 29.4 Å². The number of nitrogens with one attached hydrogen (secondary N) is 1. The molecule has 2 aromatic carbocycles. The van der Waals surface area contributed by atoms with Crippen molar-refractivity contribution in [2.75, 3.05) is 19.0 Å². The van der Waals surface area contributed by atoms with Gasteiger partial charge in [0.25, 0.3) is 5.91 Å². The molecule has 0 bridgehead atoms. The molecular weight excluding hydrogens is 358 g/mol. The molecule has 6 nitrogen and oxygen atoms in total. The molecule has 0 saturated heterocycles. The van der Waals surface area contributed by atoms with Crippen molar-refractivity contribution in [3.8, 4) is 11.5 Å². The van der Waals surface area contributed by atoms with Gasteiger partial charge < -0.3 is 19.5 Å². The lowest BCUT2D eigenvalue weighted by Crippen LogP contribution is -2.27. The Labute approximate surface area is 165 Å². The molecule has 0 saturated carbocycles. The fourth-order valence-electron chi connectivity index (χ4n) is 2.42. The average molecular weight is 385 g/mol. The molecule has 1 amide bonds. The van der Waals surface area contributed by atoms with E-state index in [1.165, 1.54) is 0 Å². The van der Waals surface area contributed by atoms with E-state index in [9.17, 15) is 9.59 Å². The highest BCUT2D eigenvalue weighted by atomic mass is 16.6. The molecule has 1 N–H and O–H groups in total. The lowest BCUT2D eigenvalue weighted by atomic mass is 10.1. The Hall–Kier alpha value is -3.02. The second-order valence-electron chi connectivity index (χ2n) is 6.97. The first kappa shape index (κ1) is 21.3. The highest BCUT2D eigenvalue weighted by Gasteiger charge is 2.17. The minimum atomic E-state index is -0.727. The molecule has 0 aliphatic carbocycles. The standard InChI is InChI=1S/C22H27NO5/c1-14(2)13-27-22(25)16(4)28-18-9-7-17(8-10-18)21(24)23-19-12-15(3)6-11-20(19)26-5/h6-12,14,16H,13H2,1-5H3,(H,23,24)/t16-/m0/s1. The first-order valence-corrected chi connectivity index (χ1v) is 9.19. The summed E-state index contributed by atoms with van der Waals surface area (Å²) < 4.78 is 16.0. The van der Waals surface area contributed by atoms with Crippen molar-refractivity contribution in [2.24, 2.45) is 5.92 Å². The topological polar surface area (TPSA) is 73.9 Å². The number of benzene rings is 2. The van der Waals surface area contributed by atoms with E-state index in [0.717, 1.165) is 5.56 Å². The van der Waals surface area contributed by atoms with Gasteiger partial charge in [-0.2, -0.15) is 0 Å². The Kier molecular flexibility index (Phi) is 7.44. The minimum absolute atomic E-state index is 0.264. The van der Waals surface area contributed by atoms with Gasteiger partial charge in [0, 0.05) is 5.56 Å². The first-order valence-electron chi connectivity index (χ1n) is 9.19. The number of hydrogen-bond acceptors (Lipinski definition) is 5. The summed E-state index contributed by atoms with van der Waals surface area (Å²) in [6, 6.07) is 12.1. The Morgan fingerprint density at radius 3 is 2.32 bits per heavy atom. The molecule has 2 rings (SSSR count). The van der Waals surface area contributed by atoms with Crippen LogP contribution in [0, 0.1) is 12.8 Å². The van der Waals surface area contributed by atoms with Crippen LogP contribution in [0.1, 0.15) is 36.7 Å². The van der Waals surface area contributed by atoms with E-state index in [2.05, 4.69) is 5.32 Å². The van der Waals surface area contributed by atoms with Crippen LogP contribution in [0.25, 0.3) is 0 Å². The van der Waals surface area contributed by atoms with Crippen LogP contribution < -0.4 is 14.8 Å². The zero-order chi connectivity index (χ0) is 20.7. The Morgan fingerprint density at radius 2 is 1.71 bits per heavy atom. The van der Waals surface area contributed by atoms with E-state index in [-0.39, 0.29) is 11.8 Å². The van der Waals surface area contributed by atoms with Gasteiger partial charge in [0.2, 0.25) is 0 Å². The van der Waals surface area contributed by atoms with Gasteiger partial charge >= 0.3 is 5.97 Å². The van der Waals surface area contributed by atoms with Crippen LogP contribution in [0.3, 0.4) is 0 Å². The van der Waals surface area contributed by atoms with E-state index < -0.39 is 12.1 Å². The number of hydrogen-bond donors (Lipinski definition) is 1. The molecule has 0 aliphatic heterocycles. The van der Waals surface area contributed by atoms with Crippen LogP contribution in [0.15, 0.2) is 42.5 Å². The van der Waals surface area contributed by atoms with Crippen molar-refractivity contribution < 1.29 is 23.8 Å². The summed E-state index contributed by atoms with van der Waals surface area (Å²) in [5.41, 5.74) is 2.08. The first-order chi connectivity index (χ1) is 13.3. The maximum absolute atomic E-state index is 12.5. The molecule has 28 heavy (non-hydrogen) atoms. The number of esters is 1. The number of methoxy groups -OCH3 is 1. The maximum atomic E-state index is 12.5. The highest BCUT2D eigenvalue weighted by Crippen LogP contribution is 2.26. The second-order valence-corrected chi connectivity index (χ2v) is 6.97. The van der Waals surface area contributed by atoms with Gasteiger partial charge in [-0.05, 0) is 61.7 Å². The third kappa shape index (κ3) is 6.01. The van der Waals surface area contributed by atoms with Gasteiger partial charge in [-0.25, -0.2) is 4.79 Å². The van der Waals surface area contributed by atoms with E-state index >= 15 is 0 Å². The predicted octanol–water partition coefficient (Wildman–Crippen LogP) is 4.22. The number of rotatable bonds is 8. The molecule has 0 fully saturated rings. The maximum Gasteiger partial charge on any atom is 0.347 e. The summed E-state index contributed by atoms with van der Waals surface area (Å²) >= 11 is 0. The lowest BCUT2D eigenvalue weighted by molar-refractivity contribution is -0.152. The summed E-state index contributed by atoms with van der Waals surface area (Å²) in [6.45, 7) is 7.86. The largest absolute Gasteiger partial charge is 0.495 e. The predicted molar refractivity (Wildman–Crippen MR) is 108 cm³/mol. The summed E-state index contributed by atoms with van der Waals surface area (Å²) in [5.74, 6) is 0.661. The summed E-state index contributed by atoms with van der Waals surface area (Å²) in [7, 11) is 1.56. The van der Waals surface area contributed by atoms with Crippen LogP contribution in [-0.2, 0) is 9.53 Å². The molecule has 0 aromatic heterocycles. The summed E-state index contributed by atoms with van der Waals surface area (Å²) in [6.07, 6.45) is -0.727. The third-order valence-corrected chi connectivity index (χ3v) is 3.92. The Bertz CT molecular complexity index is 814. The molecule has 0 aliphatic rings. The van der Waals surface area contributed by atoms with Gasteiger partial charge in [-0.1, -0.05) is 19.9 Å². The molecule has 0 radical (unpaired) electrons. The number of ether oxygens (including phenoxy) is 3.